The van der Waals surface area contributed by atoms with Crippen molar-refractivity contribution in [1.82, 2.24) is 0 Å². The lowest BCUT2D eigenvalue weighted by Gasteiger charge is -2.02. The summed E-state index contributed by atoms with van der Waals surface area (Å²) in [6, 6.07) is 9.79. The van der Waals surface area contributed by atoms with E-state index >= 15 is 0 Å². The monoisotopic (exact) mass is 248 g/mol. The second-order valence-electron chi connectivity index (χ2n) is 4.62. The van der Waals surface area contributed by atoms with E-state index in [9.17, 15) is 4.79 Å². The standard InChI is InChI=1S/C15H20O3/c1-2-3-4-8-11-17-15(16)14-13(18-14)12-9-6-5-7-10-12/h5-7,9-10,13-14H,2-4,8,11H2,1H3/t13-,14+/m1/s1. The molecule has 1 aliphatic rings. The van der Waals surface area contributed by atoms with Gasteiger partial charge in [-0.3, -0.25) is 0 Å². The third-order valence-corrected chi connectivity index (χ3v) is 3.09. The van der Waals surface area contributed by atoms with Gasteiger partial charge in [0.15, 0.2) is 6.10 Å². The van der Waals surface area contributed by atoms with Gasteiger partial charge in [0.25, 0.3) is 0 Å². The summed E-state index contributed by atoms with van der Waals surface area (Å²) in [4.78, 5) is 11.7. The summed E-state index contributed by atoms with van der Waals surface area (Å²) in [5, 5.41) is 0. The van der Waals surface area contributed by atoms with Crippen molar-refractivity contribution in [3.8, 4) is 0 Å². The van der Waals surface area contributed by atoms with Crippen LogP contribution in [0.3, 0.4) is 0 Å². The Balaban J connectivity index is 1.67. The van der Waals surface area contributed by atoms with E-state index in [0.717, 1.165) is 18.4 Å². The summed E-state index contributed by atoms with van der Waals surface area (Å²) in [5.74, 6) is -0.222. The maximum absolute atomic E-state index is 11.7. The summed E-state index contributed by atoms with van der Waals surface area (Å²) in [5.41, 5.74) is 1.05. The molecule has 1 aliphatic heterocycles. The molecule has 3 heteroatoms. The molecule has 0 aliphatic carbocycles. The van der Waals surface area contributed by atoms with Crippen LogP contribution in [-0.2, 0) is 14.3 Å². The number of hydrogen-bond donors (Lipinski definition) is 0. The number of carbonyl (C=O) groups is 1. The first-order valence-corrected chi connectivity index (χ1v) is 6.70. The molecule has 1 aromatic carbocycles. The number of unbranched alkanes of at least 4 members (excludes halogenated alkanes) is 3. The normalized spacial score (nSPS) is 21.6. The third-order valence-electron chi connectivity index (χ3n) is 3.09. The van der Waals surface area contributed by atoms with E-state index in [-0.39, 0.29) is 12.1 Å². The van der Waals surface area contributed by atoms with Gasteiger partial charge in [-0.15, -0.1) is 0 Å². The summed E-state index contributed by atoms with van der Waals surface area (Å²) >= 11 is 0. The van der Waals surface area contributed by atoms with E-state index < -0.39 is 6.10 Å². The molecule has 1 aromatic rings. The van der Waals surface area contributed by atoms with Crippen LogP contribution in [0.25, 0.3) is 0 Å². The van der Waals surface area contributed by atoms with E-state index in [0.29, 0.717) is 6.61 Å². The van der Waals surface area contributed by atoms with Crippen LogP contribution in [0.1, 0.15) is 44.3 Å². The van der Waals surface area contributed by atoms with Gasteiger partial charge in [-0.2, -0.15) is 0 Å². The number of esters is 1. The van der Waals surface area contributed by atoms with E-state index in [1.807, 2.05) is 30.3 Å². The van der Waals surface area contributed by atoms with Crippen molar-refractivity contribution in [3.63, 3.8) is 0 Å². The predicted molar refractivity (Wildman–Crippen MR) is 69.2 cm³/mol. The molecule has 1 fully saturated rings. The van der Waals surface area contributed by atoms with Gasteiger partial charge in [-0.05, 0) is 12.0 Å². The van der Waals surface area contributed by atoms with Crippen LogP contribution in [-0.4, -0.2) is 18.7 Å². The van der Waals surface area contributed by atoms with Crippen LogP contribution < -0.4 is 0 Å². The molecular weight excluding hydrogens is 228 g/mol. The fraction of sp³-hybridized carbons (Fsp3) is 0.533. The van der Waals surface area contributed by atoms with Gasteiger partial charge in [0, 0.05) is 0 Å². The van der Waals surface area contributed by atoms with Crippen molar-refractivity contribution in [1.29, 1.82) is 0 Å². The van der Waals surface area contributed by atoms with E-state index in [4.69, 9.17) is 9.47 Å². The highest BCUT2D eigenvalue weighted by Gasteiger charge is 2.47. The van der Waals surface area contributed by atoms with Crippen molar-refractivity contribution in [2.24, 2.45) is 0 Å². The van der Waals surface area contributed by atoms with Crippen molar-refractivity contribution >= 4 is 5.97 Å². The molecule has 1 saturated heterocycles. The summed E-state index contributed by atoms with van der Waals surface area (Å²) in [6.07, 6.45) is 3.97. The van der Waals surface area contributed by atoms with Crippen LogP contribution in [0.5, 0.6) is 0 Å². The molecule has 0 bridgehead atoms. The largest absolute Gasteiger partial charge is 0.464 e. The molecule has 1 heterocycles. The van der Waals surface area contributed by atoms with E-state index in [1.165, 1.54) is 12.8 Å². The molecule has 0 radical (unpaired) electrons. The second-order valence-corrected chi connectivity index (χ2v) is 4.62. The molecule has 0 unspecified atom stereocenters. The highest BCUT2D eigenvalue weighted by molar-refractivity contribution is 5.78. The highest BCUT2D eigenvalue weighted by Crippen LogP contribution is 2.39. The molecule has 0 amide bonds. The molecule has 2 atom stereocenters. The zero-order valence-corrected chi connectivity index (χ0v) is 10.8. The minimum absolute atomic E-state index is 0.102. The molecule has 98 valence electrons. The van der Waals surface area contributed by atoms with Crippen LogP contribution in [0.2, 0.25) is 0 Å². The molecule has 0 aromatic heterocycles. The van der Waals surface area contributed by atoms with Crippen LogP contribution >= 0.6 is 0 Å². The smallest absolute Gasteiger partial charge is 0.338 e. The molecule has 3 nitrogen and oxygen atoms in total. The Morgan fingerprint density at radius 3 is 2.72 bits per heavy atom. The Bertz CT molecular complexity index is 375. The number of rotatable bonds is 7. The van der Waals surface area contributed by atoms with Crippen molar-refractivity contribution in [2.75, 3.05) is 6.61 Å². The zero-order valence-electron chi connectivity index (χ0n) is 10.8. The Kier molecular flexibility index (Phi) is 4.76. The average Bonchev–Trinajstić information content (AvgIpc) is 3.20. The maximum Gasteiger partial charge on any atom is 0.338 e. The Labute approximate surface area is 108 Å². The van der Waals surface area contributed by atoms with Crippen LogP contribution in [0, 0.1) is 0 Å². The zero-order chi connectivity index (χ0) is 12.8. The predicted octanol–water partition coefficient (Wildman–Crippen LogP) is 3.25. The number of hydrogen-bond acceptors (Lipinski definition) is 3. The van der Waals surface area contributed by atoms with Crippen molar-refractivity contribution in [3.05, 3.63) is 35.9 Å². The van der Waals surface area contributed by atoms with Crippen molar-refractivity contribution in [2.45, 2.75) is 44.8 Å². The molecular formula is C15H20O3. The Hall–Kier alpha value is -1.35. The van der Waals surface area contributed by atoms with Gasteiger partial charge >= 0.3 is 5.97 Å². The van der Waals surface area contributed by atoms with Crippen LogP contribution in [0.15, 0.2) is 30.3 Å². The number of ether oxygens (including phenoxy) is 2. The second kappa shape index (κ2) is 6.55. The van der Waals surface area contributed by atoms with E-state index in [2.05, 4.69) is 6.92 Å². The summed E-state index contributed by atoms with van der Waals surface area (Å²) < 4.78 is 10.6. The van der Waals surface area contributed by atoms with Gasteiger partial charge in [0.1, 0.15) is 6.10 Å². The number of carbonyl (C=O) groups excluding carboxylic acids is 1. The van der Waals surface area contributed by atoms with Crippen molar-refractivity contribution < 1.29 is 14.3 Å². The quantitative estimate of drug-likeness (QED) is 0.422. The lowest BCUT2D eigenvalue weighted by molar-refractivity contribution is -0.145. The fourth-order valence-corrected chi connectivity index (χ4v) is 1.97. The number of benzene rings is 1. The van der Waals surface area contributed by atoms with Gasteiger partial charge in [-0.1, -0.05) is 56.5 Å². The minimum atomic E-state index is -0.390. The molecule has 18 heavy (non-hydrogen) atoms. The molecule has 2 rings (SSSR count). The SMILES string of the molecule is CCCCCCOC(=O)[C@H]1O[C@@H]1c1ccccc1. The van der Waals surface area contributed by atoms with Gasteiger partial charge in [0.05, 0.1) is 6.61 Å². The Morgan fingerprint density at radius 2 is 2.00 bits per heavy atom. The van der Waals surface area contributed by atoms with Gasteiger partial charge in [-0.25, -0.2) is 4.79 Å². The summed E-state index contributed by atoms with van der Waals surface area (Å²) in [7, 11) is 0. The first kappa shape index (κ1) is 13.1. The lowest BCUT2D eigenvalue weighted by Crippen LogP contribution is -2.13. The minimum Gasteiger partial charge on any atom is -0.464 e. The highest BCUT2D eigenvalue weighted by atomic mass is 16.6. The molecule has 0 spiro atoms. The van der Waals surface area contributed by atoms with Gasteiger partial charge in [0.2, 0.25) is 0 Å². The first-order valence-electron chi connectivity index (χ1n) is 6.70. The topological polar surface area (TPSA) is 38.8 Å². The van der Waals surface area contributed by atoms with Gasteiger partial charge < -0.3 is 9.47 Å². The summed E-state index contributed by atoms with van der Waals surface area (Å²) in [6.45, 7) is 2.68. The lowest BCUT2D eigenvalue weighted by atomic mass is 10.1. The first-order chi connectivity index (χ1) is 8.83. The maximum atomic E-state index is 11.7. The third kappa shape index (κ3) is 3.57. The van der Waals surface area contributed by atoms with E-state index in [1.54, 1.807) is 0 Å². The average molecular weight is 248 g/mol. The van der Waals surface area contributed by atoms with Crippen LogP contribution in [0.4, 0.5) is 0 Å². The molecule has 0 saturated carbocycles. The number of epoxide rings is 1. The molecule has 0 N–H and O–H groups in total. The fourth-order valence-electron chi connectivity index (χ4n) is 1.97. The Morgan fingerprint density at radius 1 is 1.22 bits per heavy atom.